The zero-order valence-corrected chi connectivity index (χ0v) is 24.9. The minimum Gasteiger partial charge on any atom is -0.341 e. The van der Waals surface area contributed by atoms with Gasteiger partial charge in [-0.3, -0.25) is 9.10 Å². The van der Waals surface area contributed by atoms with Crippen LogP contribution in [0.1, 0.15) is 44.2 Å². The van der Waals surface area contributed by atoms with Gasteiger partial charge in [0.1, 0.15) is 0 Å². The van der Waals surface area contributed by atoms with E-state index < -0.39 is 16.1 Å². The number of hydrogen-bond acceptors (Lipinski definition) is 3. The number of para-hydroxylation sites is 1. The first kappa shape index (κ1) is 29.1. The fourth-order valence-electron chi connectivity index (χ4n) is 4.75. The summed E-state index contributed by atoms with van der Waals surface area (Å²) in [5.41, 5.74) is 5.14. The molecule has 0 saturated heterocycles. The van der Waals surface area contributed by atoms with Gasteiger partial charge in [0.25, 0.3) is 15.9 Å². The van der Waals surface area contributed by atoms with Crippen LogP contribution < -0.4 is 9.62 Å². The quantitative estimate of drug-likeness (QED) is 0.189. The van der Waals surface area contributed by atoms with E-state index in [0.29, 0.717) is 5.02 Å². The maximum Gasteiger partial charge on any atom is 0.264 e. The van der Waals surface area contributed by atoms with Gasteiger partial charge in [0, 0.05) is 5.02 Å². The Hall–Kier alpha value is -4.39. The van der Waals surface area contributed by atoms with E-state index in [-0.39, 0.29) is 28.6 Å². The van der Waals surface area contributed by atoms with Crippen molar-refractivity contribution in [3.05, 3.63) is 166 Å². The summed E-state index contributed by atoms with van der Waals surface area (Å²) < 4.78 is 29.6. The molecule has 0 radical (unpaired) electrons. The molecule has 42 heavy (non-hydrogen) atoms. The number of anilines is 1. The van der Waals surface area contributed by atoms with Crippen LogP contribution >= 0.6 is 11.6 Å². The number of sulfonamides is 1. The Morgan fingerprint density at radius 3 is 1.90 bits per heavy atom. The Labute approximate surface area is 252 Å². The highest BCUT2D eigenvalue weighted by atomic mass is 35.5. The molecule has 0 aliphatic rings. The predicted molar refractivity (Wildman–Crippen MR) is 169 cm³/mol. The summed E-state index contributed by atoms with van der Waals surface area (Å²) >= 11 is 6.11. The molecular weight excluding hydrogens is 564 g/mol. The van der Waals surface area contributed by atoms with E-state index in [0.717, 1.165) is 27.8 Å². The van der Waals surface area contributed by atoms with Crippen molar-refractivity contribution < 1.29 is 13.2 Å². The molecule has 0 heterocycles. The number of benzene rings is 5. The fraction of sp³-hybridized carbons (Fsp3) is 0.114. The second-order valence-electron chi connectivity index (χ2n) is 10.2. The van der Waals surface area contributed by atoms with E-state index in [1.165, 1.54) is 4.31 Å². The van der Waals surface area contributed by atoms with Crippen molar-refractivity contribution in [1.29, 1.82) is 0 Å². The van der Waals surface area contributed by atoms with Gasteiger partial charge < -0.3 is 5.32 Å². The summed E-state index contributed by atoms with van der Waals surface area (Å²) in [6.07, 6.45) is 0. The van der Waals surface area contributed by atoms with Crippen LogP contribution in [0.2, 0.25) is 5.02 Å². The van der Waals surface area contributed by atoms with E-state index in [1.807, 2.05) is 68.4 Å². The third-order valence-corrected chi connectivity index (χ3v) is 9.11. The molecule has 0 aliphatic heterocycles. The summed E-state index contributed by atoms with van der Waals surface area (Å²) in [6, 6.07) is 37.8. The molecule has 5 aromatic rings. The number of carbonyl (C=O) groups excluding carboxylic acids is 1. The zero-order valence-electron chi connectivity index (χ0n) is 23.4. The first-order chi connectivity index (χ1) is 20.2. The van der Waals surface area contributed by atoms with Crippen LogP contribution in [0.5, 0.6) is 0 Å². The minimum absolute atomic E-state index is 0.0117. The van der Waals surface area contributed by atoms with Crippen molar-refractivity contribution in [2.45, 2.75) is 31.3 Å². The van der Waals surface area contributed by atoms with E-state index in [9.17, 15) is 13.2 Å². The smallest absolute Gasteiger partial charge is 0.264 e. The summed E-state index contributed by atoms with van der Waals surface area (Å²) in [4.78, 5) is 14.2. The molecular formula is C35H31ClN2O3S. The third-order valence-electron chi connectivity index (χ3n) is 7.08. The molecule has 0 aliphatic carbocycles. The van der Waals surface area contributed by atoms with E-state index in [1.54, 1.807) is 72.8 Å². The van der Waals surface area contributed by atoms with Crippen LogP contribution in [0.3, 0.4) is 0 Å². The standard InChI is InChI=1S/C35H31ClN2O3S/c1-25-12-18-29(19-13-25)34(28-8-4-3-5-9-28)37-35(39)32-10-6-7-11-33(32)38(24-27-16-20-30(36)21-17-27)42(40,41)31-22-14-26(2)15-23-31/h3-23,34H,24H2,1-2H3,(H,37,39)/t34-/m0/s1. The number of carbonyl (C=O) groups is 1. The van der Waals surface area contributed by atoms with Gasteiger partial charge in [0.2, 0.25) is 0 Å². The van der Waals surface area contributed by atoms with Crippen LogP contribution in [0.4, 0.5) is 5.69 Å². The largest absolute Gasteiger partial charge is 0.341 e. The second-order valence-corrected chi connectivity index (χ2v) is 12.5. The summed E-state index contributed by atoms with van der Waals surface area (Å²) in [6.45, 7) is 3.93. The van der Waals surface area contributed by atoms with Gasteiger partial charge in [-0.2, -0.15) is 0 Å². The number of nitrogens with one attached hydrogen (secondary N) is 1. The van der Waals surface area contributed by atoms with Gasteiger partial charge in [-0.25, -0.2) is 8.42 Å². The van der Waals surface area contributed by atoms with Crippen molar-refractivity contribution >= 4 is 33.2 Å². The van der Waals surface area contributed by atoms with E-state index in [2.05, 4.69) is 5.32 Å². The Morgan fingerprint density at radius 1 is 0.714 bits per heavy atom. The number of hydrogen-bond donors (Lipinski definition) is 1. The van der Waals surface area contributed by atoms with Crippen molar-refractivity contribution in [1.82, 2.24) is 5.32 Å². The Balaban J connectivity index is 1.58. The molecule has 0 saturated carbocycles. The Morgan fingerprint density at radius 2 is 1.26 bits per heavy atom. The number of rotatable bonds is 9. The lowest BCUT2D eigenvalue weighted by atomic mass is 9.97. The number of halogens is 1. The first-order valence-corrected chi connectivity index (χ1v) is 15.4. The Kier molecular flexibility index (Phi) is 8.76. The number of aryl methyl sites for hydroxylation is 2. The summed E-state index contributed by atoms with van der Waals surface area (Å²) in [5.74, 6) is -0.389. The van der Waals surface area contributed by atoms with Crippen molar-refractivity contribution in [3.8, 4) is 0 Å². The average molecular weight is 595 g/mol. The highest BCUT2D eigenvalue weighted by Crippen LogP contribution is 2.31. The average Bonchev–Trinajstić information content (AvgIpc) is 3.00. The highest BCUT2D eigenvalue weighted by Gasteiger charge is 2.29. The lowest BCUT2D eigenvalue weighted by Crippen LogP contribution is -2.34. The molecule has 0 spiro atoms. The normalized spacial score (nSPS) is 12.0. The van der Waals surface area contributed by atoms with Gasteiger partial charge in [-0.05, 0) is 66.9 Å². The molecule has 0 unspecified atom stereocenters. The minimum atomic E-state index is -4.05. The molecule has 1 atom stereocenters. The number of amides is 1. The molecule has 0 aromatic heterocycles. The van der Waals surface area contributed by atoms with Crippen LogP contribution in [-0.4, -0.2) is 14.3 Å². The molecule has 7 heteroatoms. The number of nitrogens with zero attached hydrogens (tertiary/aromatic N) is 1. The maximum absolute atomic E-state index is 14.2. The molecule has 5 aromatic carbocycles. The van der Waals surface area contributed by atoms with E-state index in [4.69, 9.17) is 11.6 Å². The van der Waals surface area contributed by atoms with Crippen LogP contribution in [0, 0.1) is 13.8 Å². The lowest BCUT2D eigenvalue weighted by Gasteiger charge is -2.27. The summed E-state index contributed by atoms with van der Waals surface area (Å²) in [5, 5.41) is 3.72. The second kappa shape index (κ2) is 12.6. The maximum atomic E-state index is 14.2. The van der Waals surface area contributed by atoms with Gasteiger partial charge in [-0.1, -0.05) is 114 Å². The van der Waals surface area contributed by atoms with E-state index >= 15 is 0 Å². The molecule has 5 nitrogen and oxygen atoms in total. The Bertz CT molecular complexity index is 1770. The van der Waals surface area contributed by atoms with Crippen LogP contribution in [0.25, 0.3) is 0 Å². The van der Waals surface area contributed by atoms with Crippen LogP contribution in [-0.2, 0) is 16.6 Å². The van der Waals surface area contributed by atoms with Crippen molar-refractivity contribution in [2.24, 2.45) is 0 Å². The van der Waals surface area contributed by atoms with Gasteiger partial charge in [-0.15, -0.1) is 0 Å². The topological polar surface area (TPSA) is 66.5 Å². The molecule has 212 valence electrons. The summed E-state index contributed by atoms with van der Waals surface area (Å²) in [7, 11) is -4.05. The van der Waals surface area contributed by atoms with Gasteiger partial charge >= 0.3 is 0 Å². The molecule has 1 N–H and O–H groups in total. The molecule has 0 bridgehead atoms. The highest BCUT2D eigenvalue weighted by molar-refractivity contribution is 7.92. The first-order valence-electron chi connectivity index (χ1n) is 13.6. The van der Waals surface area contributed by atoms with Crippen LogP contribution in [0.15, 0.2) is 132 Å². The van der Waals surface area contributed by atoms with Crippen molar-refractivity contribution in [3.63, 3.8) is 0 Å². The zero-order chi connectivity index (χ0) is 29.7. The molecule has 1 amide bonds. The lowest BCUT2D eigenvalue weighted by molar-refractivity contribution is 0.0943. The van der Waals surface area contributed by atoms with Gasteiger partial charge in [0.15, 0.2) is 0 Å². The van der Waals surface area contributed by atoms with Crippen molar-refractivity contribution in [2.75, 3.05) is 4.31 Å². The molecule has 5 rings (SSSR count). The predicted octanol–water partition coefficient (Wildman–Crippen LogP) is 7.87. The van der Waals surface area contributed by atoms with Gasteiger partial charge in [0.05, 0.1) is 28.7 Å². The monoisotopic (exact) mass is 594 g/mol. The fourth-order valence-corrected chi connectivity index (χ4v) is 6.35. The SMILES string of the molecule is Cc1ccc([C@@H](NC(=O)c2ccccc2N(Cc2ccc(Cl)cc2)S(=O)(=O)c2ccc(C)cc2)c2ccccc2)cc1. The molecule has 0 fully saturated rings. The third kappa shape index (κ3) is 6.56.